The summed E-state index contributed by atoms with van der Waals surface area (Å²) in [6, 6.07) is 13.7. The molecule has 1 saturated heterocycles. The van der Waals surface area contributed by atoms with Crippen molar-refractivity contribution in [2.45, 2.75) is 12.8 Å². The number of hydrogen-bond acceptors (Lipinski definition) is 4. The van der Waals surface area contributed by atoms with Gasteiger partial charge in [-0.05, 0) is 24.3 Å². The number of fused-ring (bicyclic) bond motifs is 2. The molecule has 7 heteroatoms. The number of aliphatic imine (C=N–C) groups is 1. The zero-order valence-corrected chi connectivity index (χ0v) is 17.5. The van der Waals surface area contributed by atoms with Gasteiger partial charge in [0.1, 0.15) is 18.0 Å². The zero-order valence-electron chi connectivity index (χ0n) is 15.9. The molecule has 0 aliphatic carbocycles. The van der Waals surface area contributed by atoms with E-state index in [1.165, 1.54) is 25.9 Å². The van der Waals surface area contributed by atoms with Gasteiger partial charge in [0.2, 0.25) is 0 Å². The Balaban J connectivity index is 1.50. The molecule has 1 aromatic heterocycles. The van der Waals surface area contributed by atoms with E-state index >= 15 is 0 Å². The van der Waals surface area contributed by atoms with Gasteiger partial charge in [-0.25, -0.2) is 4.99 Å². The number of aromatic nitrogens is 1. The van der Waals surface area contributed by atoms with Gasteiger partial charge in [0, 0.05) is 33.8 Å². The van der Waals surface area contributed by atoms with Crippen LogP contribution < -0.4 is 4.90 Å². The number of aromatic hydroxyl groups is 1. The molecule has 148 valence electrons. The van der Waals surface area contributed by atoms with Crippen LogP contribution >= 0.6 is 15.9 Å². The average molecular weight is 454 g/mol. The molecule has 0 amide bonds. The van der Waals surface area contributed by atoms with Crippen LogP contribution in [0.3, 0.4) is 0 Å². The van der Waals surface area contributed by atoms with Crippen LogP contribution in [-0.4, -0.2) is 47.8 Å². The summed E-state index contributed by atoms with van der Waals surface area (Å²) in [7, 11) is 0. The number of rotatable bonds is 5. The maximum atomic E-state index is 10.6. The quantitative estimate of drug-likeness (QED) is 0.409. The van der Waals surface area contributed by atoms with Crippen LogP contribution in [0.2, 0.25) is 0 Å². The lowest BCUT2D eigenvalue weighted by molar-refractivity contribution is -0.887. The normalized spacial score (nSPS) is 17.8. The van der Waals surface area contributed by atoms with Crippen molar-refractivity contribution in [3.8, 4) is 5.88 Å². The fourth-order valence-electron chi connectivity index (χ4n) is 4.15. The van der Waals surface area contributed by atoms with E-state index in [0.29, 0.717) is 23.6 Å². The van der Waals surface area contributed by atoms with Gasteiger partial charge in [0.25, 0.3) is 0 Å². The second-order valence-corrected chi connectivity index (χ2v) is 8.41. The Kier molecular flexibility index (Phi) is 4.85. The molecule has 2 aromatic carbocycles. The molecule has 2 aliphatic rings. The summed E-state index contributed by atoms with van der Waals surface area (Å²) in [5.41, 5.74) is 4.52. The van der Waals surface area contributed by atoms with Crippen molar-refractivity contribution in [2.24, 2.45) is 10.1 Å². The van der Waals surface area contributed by atoms with E-state index in [1.54, 1.807) is 4.90 Å². The lowest BCUT2D eigenvalue weighted by Crippen LogP contribution is -3.10. The van der Waals surface area contributed by atoms with E-state index < -0.39 is 0 Å². The van der Waals surface area contributed by atoms with Crippen molar-refractivity contribution >= 4 is 43.9 Å². The summed E-state index contributed by atoms with van der Waals surface area (Å²) in [6.07, 6.45) is 2.59. The Labute approximate surface area is 177 Å². The third kappa shape index (κ3) is 3.45. The van der Waals surface area contributed by atoms with Crippen molar-refractivity contribution < 1.29 is 14.8 Å². The van der Waals surface area contributed by atoms with Crippen molar-refractivity contribution in [1.82, 2.24) is 4.98 Å². The Bertz CT molecular complexity index is 1130. The first-order chi connectivity index (χ1) is 14.2. The molecule has 29 heavy (non-hydrogen) atoms. The molecule has 0 saturated carbocycles. The van der Waals surface area contributed by atoms with E-state index in [9.17, 15) is 5.11 Å². The second-order valence-electron chi connectivity index (χ2n) is 7.50. The van der Waals surface area contributed by atoms with Crippen LogP contribution in [0.5, 0.6) is 5.88 Å². The van der Waals surface area contributed by atoms with Crippen molar-refractivity contribution in [1.29, 1.82) is 0 Å². The monoisotopic (exact) mass is 453 g/mol. The molecule has 0 bridgehead atoms. The Morgan fingerprint density at radius 1 is 1.17 bits per heavy atom. The largest absolute Gasteiger partial charge is 0.494 e. The highest BCUT2D eigenvalue weighted by atomic mass is 79.9. The highest BCUT2D eigenvalue weighted by Gasteiger charge is 2.29. The zero-order chi connectivity index (χ0) is 19.8. The molecule has 0 radical (unpaired) electrons. The summed E-state index contributed by atoms with van der Waals surface area (Å²) in [6.45, 7) is 3.96. The maximum absolute atomic E-state index is 10.6. The fraction of sp³-hybridized carbons (Fsp3) is 0.273. The van der Waals surface area contributed by atoms with Crippen LogP contribution in [0.15, 0.2) is 57.1 Å². The van der Waals surface area contributed by atoms with Gasteiger partial charge < -0.3 is 19.8 Å². The highest BCUT2D eigenvalue weighted by Crippen LogP contribution is 2.36. The number of hydrogen-bond donors (Lipinski definition) is 3. The lowest BCUT2D eigenvalue weighted by atomic mass is 10.0. The molecule has 3 N–H and O–H groups in total. The van der Waals surface area contributed by atoms with Crippen LogP contribution in [-0.2, 0) is 4.84 Å². The third-order valence-electron chi connectivity index (χ3n) is 5.61. The number of benzene rings is 2. The van der Waals surface area contributed by atoms with Gasteiger partial charge in [0.05, 0.1) is 24.3 Å². The van der Waals surface area contributed by atoms with E-state index in [1.807, 2.05) is 42.5 Å². The fourth-order valence-corrected chi connectivity index (χ4v) is 4.51. The number of H-pyrrole nitrogens is 1. The second kappa shape index (κ2) is 7.65. The first-order valence-electron chi connectivity index (χ1n) is 9.93. The minimum atomic E-state index is 0.0823. The average Bonchev–Trinajstić information content (AvgIpc) is 3.42. The Morgan fingerprint density at radius 2 is 2.00 bits per heavy atom. The van der Waals surface area contributed by atoms with Crippen LogP contribution in [0.25, 0.3) is 10.9 Å². The molecule has 2 aliphatic heterocycles. The first-order valence-corrected chi connectivity index (χ1v) is 10.7. The number of para-hydroxylation sites is 1. The summed E-state index contributed by atoms with van der Waals surface area (Å²) in [4.78, 5) is 15.1. The number of quaternary nitrogens is 1. The van der Waals surface area contributed by atoms with Crippen molar-refractivity contribution in [3.63, 3.8) is 0 Å². The molecule has 1 fully saturated rings. The maximum Gasteiger partial charge on any atom is 0.199 e. The van der Waals surface area contributed by atoms with Gasteiger partial charge in [-0.15, -0.1) is 0 Å². The molecule has 3 aromatic rings. The smallest absolute Gasteiger partial charge is 0.199 e. The molecular weight excluding hydrogens is 432 g/mol. The van der Waals surface area contributed by atoms with Gasteiger partial charge in [-0.3, -0.25) is 0 Å². The molecule has 6 nitrogen and oxygen atoms in total. The molecule has 3 heterocycles. The predicted molar refractivity (Wildman–Crippen MR) is 118 cm³/mol. The van der Waals surface area contributed by atoms with Gasteiger partial charge in [-0.2, -0.15) is 0 Å². The lowest BCUT2D eigenvalue weighted by Gasteiger charge is -2.11. The summed E-state index contributed by atoms with van der Waals surface area (Å²) < 4.78 is 0.935. The standard InChI is InChI=1S/C22H21BrN4O2/c23-14-7-8-18-16(13-14)19(22(28)25-18)21-20(15-5-1-2-6-17(15)24-21)26-29-12-11-27-9-3-4-10-27/h1-2,5-8,13,25,28H,3-4,9-12H2/p+1. The van der Waals surface area contributed by atoms with Crippen LogP contribution in [0.1, 0.15) is 24.0 Å². The topological polar surface area (TPSA) is 74.4 Å². The number of nitrogens with zero attached hydrogens (tertiary/aromatic N) is 2. The number of aromatic amines is 1. The van der Waals surface area contributed by atoms with Gasteiger partial charge in [-0.1, -0.05) is 39.3 Å². The van der Waals surface area contributed by atoms with Crippen LogP contribution in [0.4, 0.5) is 5.69 Å². The van der Waals surface area contributed by atoms with Crippen LogP contribution in [0, 0.1) is 0 Å². The number of nitrogens with one attached hydrogen (secondary N) is 2. The van der Waals surface area contributed by atoms with Crippen molar-refractivity contribution in [3.05, 3.63) is 58.1 Å². The first kappa shape index (κ1) is 18.4. The molecule has 5 rings (SSSR count). The van der Waals surface area contributed by atoms with Gasteiger partial charge in [0.15, 0.2) is 12.5 Å². The highest BCUT2D eigenvalue weighted by molar-refractivity contribution is 9.10. The Morgan fingerprint density at radius 3 is 2.86 bits per heavy atom. The van der Waals surface area contributed by atoms with Crippen molar-refractivity contribution in [2.75, 3.05) is 26.2 Å². The third-order valence-corrected chi connectivity index (χ3v) is 6.10. The molecule has 0 atom stereocenters. The van der Waals surface area contributed by atoms with E-state index in [0.717, 1.165) is 33.2 Å². The van der Waals surface area contributed by atoms with E-state index in [2.05, 4.69) is 26.1 Å². The Hall–Kier alpha value is -2.64. The van der Waals surface area contributed by atoms with E-state index in [4.69, 9.17) is 9.83 Å². The molecular formula is C22H22BrN4O2+. The summed E-state index contributed by atoms with van der Waals surface area (Å²) in [5.74, 6) is 0.0823. The number of oxime groups is 1. The van der Waals surface area contributed by atoms with E-state index in [-0.39, 0.29) is 5.88 Å². The summed E-state index contributed by atoms with van der Waals surface area (Å²) in [5, 5.41) is 16.0. The summed E-state index contributed by atoms with van der Waals surface area (Å²) >= 11 is 3.52. The minimum Gasteiger partial charge on any atom is -0.494 e. The number of halogens is 1. The minimum absolute atomic E-state index is 0.0823. The number of likely N-dealkylation sites (tertiary alicyclic amines) is 1. The predicted octanol–water partition coefficient (Wildman–Crippen LogP) is 3.17. The van der Waals surface area contributed by atoms with Gasteiger partial charge >= 0.3 is 0 Å². The SMILES string of the molecule is Oc1[nH]c2ccc(Br)cc2c1C1=Nc2ccccc2C1=NOCC[NH+]1CCCC1. The molecule has 0 unspecified atom stereocenters. The molecule has 0 spiro atoms.